The molecule has 9 nitrogen and oxygen atoms in total. The van der Waals surface area contributed by atoms with Crippen molar-refractivity contribution in [3.05, 3.63) is 0 Å². The lowest BCUT2D eigenvalue weighted by atomic mass is 10.1. The van der Waals surface area contributed by atoms with Gasteiger partial charge in [-0.2, -0.15) is 5.54 Å². The van der Waals surface area contributed by atoms with E-state index in [2.05, 4.69) is 16.0 Å². The Labute approximate surface area is 177 Å². The molecule has 1 atom stereocenters. The van der Waals surface area contributed by atoms with Crippen molar-refractivity contribution in [2.24, 2.45) is 0 Å². The third-order valence-corrected chi connectivity index (χ3v) is 2.87. The van der Waals surface area contributed by atoms with Crippen LogP contribution >= 0.6 is 0 Å². The van der Waals surface area contributed by atoms with Crippen molar-refractivity contribution in [2.75, 3.05) is 32.8 Å². The minimum absolute atomic E-state index is 0.0265. The molecule has 0 rings (SSSR count). The number of unbranched alkanes of at least 4 members (excludes halogenated alkanes) is 1. The average Bonchev–Trinajstić information content (AvgIpc) is 2.83. The number of halogens is 9. The molecule has 0 aliphatic heterocycles. The number of nitrogens with one attached hydrogen (secondary N) is 4. The van der Waals surface area contributed by atoms with Crippen LogP contribution in [0.1, 0.15) is 33.1 Å². The molecule has 196 valence electrons. The lowest BCUT2D eigenvalue weighted by molar-refractivity contribution is -0.123. The number of carbonyl (C=O) groups excluding carboxylic acids is 3. The highest BCUT2D eigenvalue weighted by Gasteiger charge is 2.20. The van der Waals surface area contributed by atoms with Gasteiger partial charge in [-0.05, 0) is 33.1 Å². The lowest BCUT2D eigenvalue weighted by Crippen LogP contribution is -2.48. The maximum absolute atomic E-state index is 12.0. The molecule has 0 spiro atoms. The molecule has 0 radical (unpaired) electrons. The summed E-state index contributed by atoms with van der Waals surface area (Å²) in [5, 5.41) is 7.54. The van der Waals surface area contributed by atoms with Crippen LogP contribution in [0, 0.1) is 0 Å². The van der Waals surface area contributed by atoms with E-state index in [1.807, 2.05) is 0 Å². The summed E-state index contributed by atoms with van der Waals surface area (Å²) >= 11 is 0. The van der Waals surface area contributed by atoms with Gasteiger partial charge in [-0.1, -0.05) is 0 Å². The van der Waals surface area contributed by atoms with E-state index in [0.29, 0.717) is 32.4 Å². The predicted molar refractivity (Wildman–Crippen MR) is 93.8 cm³/mol. The topological polar surface area (TPSA) is 118 Å². The fourth-order valence-corrected chi connectivity index (χ4v) is 1.79. The van der Waals surface area contributed by atoms with Gasteiger partial charge in [0.25, 0.3) is 0 Å². The molecule has 18 heteroatoms. The first-order valence-corrected chi connectivity index (χ1v) is 8.57. The van der Waals surface area contributed by atoms with E-state index in [4.69, 9.17) is 46.1 Å². The summed E-state index contributed by atoms with van der Waals surface area (Å²) in [6.07, 6.45) is 0.372. The van der Waals surface area contributed by atoms with E-state index >= 15 is 0 Å². The number of rotatable bonds is 12. The number of hydrogen-bond donors (Lipinski definition) is 4. The molecule has 0 aliphatic carbocycles. The Kier molecular flexibility index (Phi) is 48.3. The number of amides is 3. The normalized spacial score (nSPS) is 9.22. The number of alkyl carbamates (subject to hydrolysis) is 2. The van der Waals surface area contributed by atoms with Gasteiger partial charge in [0.05, 0.1) is 13.2 Å². The molecule has 0 aromatic heterocycles. The first-order valence-electron chi connectivity index (χ1n) is 8.57. The molecule has 0 saturated heterocycles. The molecular weight excluding hydrogens is 475 g/mol. The van der Waals surface area contributed by atoms with Gasteiger partial charge < -0.3 is 25.4 Å². The Balaban J connectivity index is -0.000000271. The smallest absolute Gasteiger partial charge is 0.407 e. The van der Waals surface area contributed by atoms with Crippen molar-refractivity contribution >= 4 is 18.1 Å². The summed E-state index contributed by atoms with van der Waals surface area (Å²) < 4.78 is 85.3. The van der Waals surface area contributed by atoms with Crippen molar-refractivity contribution in [1.82, 2.24) is 21.5 Å². The first-order chi connectivity index (χ1) is 15.5. The van der Waals surface area contributed by atoms with E-state index in [0.717, 1.165) is 0 Å². The Bertz CT molecular complexity index is 406. The fraction of sp³-hybridized carbons (Fsp3) is 0.786. The molecule has 0 bridgehead atoms. The van der Waals surface area contributed by atoms with Crippen LogP contribution in [0.15, 0.2) is 0 Å². The second-order valence-electron chi connectivity index (χ2n) is 4.74. The van der Waals surface area contributed by atoms with Crippen molar-refractivity contribution in [3.63, 3.8) is 0 Å². The Morgan fingerprint density at radius 3 is 1.69 bits per heavy atom. The molecule has 3 amide bonds. The zero-order chi connectivity index (χ0) is 26.2. The van der Waals surface area contributed by atoms with Crippen LogP contribution in [-0.4, -0.2) is 57.0 Å². The number of ether oxygens (including phenoxy) is 2. The van der Waals surface area contributed by atoms with Gasteiger partial charge in [0.2, 0.25) is 5.91 Å². The van der Waals surface area contributed by atoms with E-state index in [9.17, 15) is 18.9 Å². The van der Waals surface area contributed by atoms with Gasteiger partial charge in [0, 0.05) is 56.2 Å². The number of carbonyl (C=O) groups is 3. The third kappa shape index (κ3) is 32.0. The van der Waals surface area contributed by atoms with Crippen LogP contribution in [0.2, 0.25) is 0 Å². The molecule has 0 heterocycles. The molecule has 4 N–H and O–H groups in total. The summed E-state index contributed by atoms with van der Waals surface area (Å²) in [7, 11) is 0. The maximum atomic E-state index is 12.0. The first kappa shape index (κ1) is 39.8. The molecule has 32 heavy (non-hydrogen) atoms. The minimum Gasteiger partial charge on any atom is -0.450 e. The summed E-state index contributed by atoms with van der Waals surface area (Å²) in [4.78, 5) is 34.6. The highest BCUT2D eigenvalue weighted by molar-refractivity contribution is 5.85. The van der Waals surface area contributed by atoms with Crippen LogP contribution < -0.4 is 21.5 Å². The van der Waals surface area contributed by atoms with Gasteiger partial charge >= 0.3 is 12.2 Å². The predicted octanol–water partition coefficient (Wildman–Crippen LogP) is 3.97. The van der Waals surface area contributed by atoms with E-state index in [1.54, 1.807) is 13.8 Å². The van der Waals surface area contributed by atoms with Crippen molar-refractivity contribution in [2.45, 2.75) is 39.2 Å². The van der Waals surface area contributed by atoms with E-state index in [1.165, 1.54) is 5.54 Å². The summed E-state index contributed by atoms with van der Waals surface area (Å²) in [5.41, 5.74) is 1.43. The van der Waals surface area contributed by atoms with E-state index in [-0.39, 0.29) is 19.7 Å². The van der Waals surface area contributed by atoms with E-state index < -0.39 is 24.1 Å². The summed E-state index contributed by atoms with van der Waals surface area (Å²) in [6, 6.07) is -0.786. The van der Waals surface area contributed by atoms with Gasteiger partial charge in [-0.3, -0.25) is 4.79 Å². The maximum Gasteiger partial charge on any atom is 0.407 e. The third-order valence-electron chi connectivity index (χ3n) is 2.87. The molecule has 0 aromatic carbocycles. The zero-order valence-electron chi connectivity index (χ0n) is 17.2. The van der Waals surface area contributed by atoms with Crippen LogP contribution in [0.25, 0.3) is 0 Å². The Morgan fingerprint density at radius 2 is 1.22 bits per heavy atom. The van der Waals surface area contributed by atoms with Crippen LogP contribution in [0.3, 0.4) is 0 Å². The molecule has 0 aliphatic rings. The monoisotopic (exact) mass is 502 g/mol. The highest BCUT2D eigenvalue weighted by atomic mass is 20.0. The highest BCUT2D eigenvalue weighted by Crippen LogP contribution is 2.02. The summed E-state index contributed by atoms with van der Waals surface area (Å²) in [6.45, 7) is 4.33. The molecule has 1 unspecified atom stereocenters. The largest absolute Gasteiger partial charge is 0.450 e. The van der Waals surface area contributed by atoms with Gasteiger partial charge in [0.15, 0.2) is 0 Å². The number of hydrogen-bond acceptors (Lipinski definition) is 6. The van der Waals surface area contributed by atoms with Crippen molar-refractivity contribution < 1.29 is 64.9 Å². The van der Waals surface area contributed by atoms with Crippen molar-refractivity contribution in [1.29, 1.82) is 0 Å². The van der Waals surface area contributed by atoms with Gasteiger partial charge in [-0.15, -0.1) is 4.48 Å². The second kappa shape index (κ2) is 38.9. The summed E-state index contributed by atoms with van der Waals surface area (Å²) in [5.74, 6) is -0.420. The van der Waals surface area contributed by atoms with Crippen LogP contribution in [0.5, 0.6) is 0 Å². The lowest BCUT2D eigenvalue weighted by Gasteiger charge is -2.18. The quantitative estimate of drug-likeness (QED) is 0.182. The molecule has 0 saturated carbocycles. The molecule has 0 aromatic rings. The molecule has 0 fully saturated rings. The van der Waals surface area contributed by atoms with Crippen molar-refractivity contribution in [3.8, 4) is 0 Å². The Hall–Kier alpha value is -2.66. The minimum atomic E-state index is -0.786. The standard InChI is InChI=1S/C14H27FN4O5.4F2/c1-3-23-13(21)17-8-6-5-7-11(19-14(22)24-4-2)12(20)16-9-10-18-15;4*1-2/h11,18H,3-10H2,1-2H3,(H,16,20)(H,17,21)(H,19,22);;;;. The SMILES string of the molecule is CCOC(=O)NCCCCC(NC(=O)OCC)C(=O)NCCNF.FF.FF.FF.FF. The molecular formula is C14H27F9N4O5. The Morgan fingerprint density at radius 1 is 0.719 bits per heavy atom. The van der Waals surface area contributed by atoms with Crippen LogP contribution in [-0.2, 0) is 14.3 Å². The van der Waals surface area contributed by atoms with Gasteiger partial charge in [0.1, 0.15) is 6.04 Å². The van der Waals surface area contributed by atoms with Gasteiger partial charge in [-0.25, -0.2) is 9.59 Å². The second-order valence-corrected chi connectivity index (χ2v) is 4.74. The zero-order valence-corrected chi connectivity index (χ0v) is 17.2. The van der Waals surface area contributed by atoms with Crippen LogP contribution in [0.4, 0.5) is 50.7 Å². The fourth-order valence-electron chi connectivity index (χ4n) is 1.79. The average molecular weight is 502 g/mol.